The minimum Gasteiger partial charge on any atom is -0.394 e. The fourth-order valence-corrected chi connectivity index (χ4v) is 9.53. The second kappa shape index (κ2) is 46.6. The van der Waals surface area contributed by atoms with Crippen LogP contribution in [0.5, 0.6) is 0 Å². The van der Waals surface area contributed by atoms with E-state index in [1.807, 2.05) is 6.08 Å². The Hall–Kier alpha value is -2.31. The van der Waals surface area contributed by atoms with Gasteiger partial charge >= 0.3 is 0 Å². The molecule has 14 heteroatoms. The molecule has 1 amide bonds. The van der Waals surface area contributed by atoms with Crippen molar-refractivity contribution in [2.24, 2.45) is 0 Å². The van der Waals surface area contributed by atoms with Crippen molar-refractivity contribution in [3.05, 3.63) is 60.8 Å². The second-order valence-corrected chi connectivity index (χ2v) is 21.1. The summed E-state index contributed by atoms with van der Waals surface area (Å²) in [5.41, 5.74) is 0. The van der Waals surface area contributed by atoms with E-state index in [-0.39, 0.29) is 18.9 Å². The van der Waals surface area contributed by atoms with Crippen molar-refractivity contribution < 1.29 is 64.6 Å². The summed E-state index contributed by atoms with van der Waals surface area (Å²) in [6.07, 6.45) is 42.5. The Kier molecular flexibility index (Phi) is 42.7. The van der Waals surface area contributed by atoms with E-state index in [0.29, 0.717) is 12.8 Å². The molecule has 0 bridgehead atoms. The molecule has 2 aliphatic heterocycles. The molecular weight excluding hydrogens is 955 g/mol. The molecule has 14 nitrogen and oxygen atoms in total. The van der Waals surface area contributed by atoms with Crippen molar-refractivity contribution in [1.29, 1.82) is 0 Å². The van der Waals surface area contributed by atoms with Crippen LogP contribution in [-0.2, 0) is 23.7 Å². The summed E-state index contributed by atoms with van der Waals surface area (Å²) < 4.78 is 22.7. The van der Waals surface area contributed by atoms with Gasteiger partial charge in [0.25, 0.3) is 0 Å². The lowest BCUT2D eigenvalue weighted by atomic mass is 9.97. The van der Waals surface area contributed by atoms with Crippen LogP contribution in [0.25, 0.3) is 0 Å². The van der Waals surface area contributed by atoms with Crippen LogP contribution in [0.4, 0.5) is 0 Å². The van der Waals surface area contributed by atoms with E-state index in [9.17, 15) is 45.6 Å². The maximum atomic E-state index is 13.3. The first-order valence-corrected chi connectivity index (χ1v) is 30.0. The minimum atomic E-state index is -1.79. The fraction of sp³-hybridized carbons (Fsp3) is 0.820. The van der Waals surface area contributed by atoms with Crippen molar-refractivity contribution in [2.45, 2.75) is 299 Å². The molecule has 12 unspecified atom stereocenters. The molecule has 2 heterocycles. The Morgan fingerprint density at radius 2 is 0.893 bits per heavy atom. The Morgan fingerprint density at radius 1 is 0.480 bits per heavy atom. The van der Waals surface area contributed by atoms with Crippen LogP contribution < -0.4 is 5.32 Å². The molecule has 2 saturated heterocycles. The van der Waals surface area contributed by atoms with Crippen molar-refractivity contribution in [1.82, 2.24) is 5.32 Å². The molecule has 0 aliphatic carbocycles. The molecular formula is C61H109NO13. The number of aliphatic hydroxyl groups excluding tert-OH is 8. The molecule has 436 valence electrons. The van der Waals surface area contributed by atoms with Gasteiger partial charge in [-0.15, -0.1) is 0 Å². The number of carbonyl (C=O) groups excluding carboxylic acids is 1. The molecule has 2 aliphatic rings. The summed E-state index contributed by atoms with van der Waals surface area (Å²) in [7, 11) is 0. The molecule has 0 aromatic carbocycles. The topological polar surface area (TPSA) is 228 Å². The molecule has 75 heavy (non-hydrogen) atoms. The summed E-state index contributed by atoms with van der Waals surface area (Å²) in [4.78, 5) is 13.3. The molecule has 2 rings (SSSR count). The van der Waals surface area contributed by atoms with Crippen molar-refractivity contribution >= 4 is 5.91 Å². The average molecular weight is 1060 g/mol. The molecule has 0 saturated carbocycles. The van der Waals surface area contributed by atoms with Gasteiger partial charge in [0.15, 0.2) is 12.6 Å². The maximum Gasteiger partial charge on any atom is 0.220 e. The van der Waals surface area contributed by atoms with Crippen LogP contribution in [0, 0.1) is 0 Å². The number of hydrogen-bond donors (Lipinski definition) is 9. The van der Waals surface area contributed by atoms with Gasteiger partial charge in [-0.3, -0.25) is 4.79 Å². The third-order valence-corrected chi connectivity index (χ3v) is 14.4. The highest BCUT2D eigenvalue weighted by Gasteiger charge is 2.51. The number of amides is 1. The predicted molar refractivity (Wildman–Crippen MR) is 300 cm³/mol. The summed E-state index contributed by atoms with van der Waals surface area (Å²) in [5, 5.41) is 87.1. The molecule has 0 aromatic heterocycles. The molecule has 0 radical (unpaired) electrons. The standard InChI is InChI=1S/C61H109NO13/c1-3-5-7-9-11-13-15-17-19-21-23-24-25-26-27-29-31-33-35-37-39-41-43-45-53(66)62-49(50(65)44-42-40-38-36-34-32-30-28-22-20-18-16-14-12-10-8-6-4-2)48-72-60-58(71)56(69)59(52(47-64)74-60)75-61-57(70)55(68)54(67)51(46-63)73-61/h15,17,21-23,28,34,36,42,44,49-52,54-61,63-65,67-71H,3-14,16,18-20,24-27,29-33,35,37-41,43,45-48H2,1-2H3,(H,62,66)/b17-15-,23-21-,28-22+,36-34+,44-42+. The van der Waals surface area contributed by atoms with Gasteiger partial charge in [-0.05, 0) is 77.0 Å². The van der Waals surface area contributed by atoms with Crippen LogP contribution in [0.3, 0.4) is 0 Å². The Balaban J connectivity index is 1.78. The molecule has 9 N–H and O–H groups in total. The Bertz CT molecular complexity index is 1490. The van der Waals surface area contributed by atoms with Crippen LogP contribution in [0.2, 0.25) is 0 Å². The first-order chi connectivity index (χ1) is 36.6. The Morgan fingerprint density at radius 3 is 1.39 bits per heavy atom. The average Bonchev–Trinajstić information content (AvgIpc) is 3.41. The smallest absolute Gasteiger partial charge is 0.220 e. The molecule has 0 aromatic rings. The zero-order valence-electron chi connectivity index (χ0n) is 46.8. The quantitative estimate of drug-likeness (QED) is 0.0204. The van der Waals surface area contributed by atoms with Crippen LogP contribution in [-0.4, -0.2) is 140 Å². The summed E-state index contributed by atoms with van der Waals surface area (Å²) >= 11 is 0. The highest BCUT2D eigenvalue weighted by molar-refractivity contribution is 5.76. The van der Waals surface area contributed by atoms with Crippen LogP contribution in [0.15, 0.2) is 60.8 Å². The number of carbonyl (C=O) groups is 1. The van der Waals surface area contributed by atoms with E-state index in [4.69, 9.17) is 18.9 Å². The van der Waals surface area contributed by atoms with E-state index in [1.165, 1.54) is 141 Å². The van der Waals surface area contributed by atoms with Crippen molar-refractivity contribution in [2.75, 3.05) is 19.8 Å². The Labute approximate surface area is 454 Å². The van der Waals surface area contributed by atoms with Crippen molar-refractivity contribution in [3.8, 4) is 0 Å². The largest absolute Gasteiger partial charge is 0.394 e. The van der Waals surface area contributed by atoms with E-state index in [0.717, 1.165) is 51.4 Å². The third-order valence-electron chi connectivity index (χ3n) is 14.4. The fourth-order valence-electron chi connectivity index (χ4n) is 9.53. The van der Waals surface area contributed by atoms with E-state index in [2.05, 4.69) is 67.8 Å². The SMILES string of the molecule is CCCCCCC/C=C\C/C=C\CCCCCCCCCCCCCC(=O)NC(COC1OC(CO)C(OC2OC(CO)C(O)C(O)C2O)C(O)C1O)C(O)/C=C/CC/C=C/CC/C=C/CCCCCCCCCC. The van der Waals surface area contributed by atoms with Gasteiger partial charge in [0, 0.05) is 6.42 Å². The minimum absolute atomic E-state index is 0.256. The number of nitrogens with one attached hydrogen (secondary N) is 1. The highest BCUT2D eigenvalue weighted by Crippen LogP contribution is 2.30. The zero-order chi connectivity index (χ0) is 54.6. The lowest BCUT2D eigenvalue weighted by Crippen LogP contribution is -2.65. The number of ether oxygens (including phenoxy) is 4. The molecule has 2 fully saturated rings. The first-order valence-electron chi connectivity index (χ1n) is 30.0. The van der Waals surface area contributed by atoms with E-state index in [1.54, 1.807) is 6.08 Å². The highest BCUT2D eigenvalue weighted by atomic mass is 16.7. The second-order valence-electron chi connectivity index (χ2n) is 21.1. The number of allylic oxidation sites excluding steroid dienone is 9. The van der Waals surface area contributed by atoms with Crippen molar-refractivity contribution in [3.63, 3.8) is 0 Å². The van der Waals surface area contributed by atoms with Gasteiger partial charge < -0.3 is 65.1 Å². The third kappa shape index (κ3) is 32.4. The summed E-state index contributed by atoms with van der Waals surface area (Å²) in [5.74, 6) is -0.256. The number of rotatable bonds is 47. The molecule has 12 atom stereocenters. The van der Waals surface area contributed by atoms with E-state index < -0.39 is 86.8 Å². The lowest BCUT2D eigenvalue weighted by molar-refractivity contribution is -0.359. The van der Waals surface area contributed by atoms with Gasteiger partial charge in [-0.25, -0.2) is 0 Å². The normalized spacial score (nSPS) is 25.5. The number of aliphatic hydroxyl groups is 8. The maximum absolute atomic E-state index is 13.3. The summed E-state index contributed by atoms with van der Waals surface area (Å²) in [6, 6.07) is -0.941. The molecule has 0 spiro atoms. The van der Waals surface area contributed by atoms with Gasteiger partial charge in [0.05, 0.1) is 32.0 Å². The summed E-state index contributed by atoms with van der Waals surface area (Å²) in [6.45, 7) is 2.76. The van der Waals surface area contributed by atoms with Gasteiger partial charge in [-0.1, -0.05) is 203 Å². The van der Waals surface area contributed by atoms with Gasteiger partial charge in [0.1, 0.15) is 48.8 Å². The van der Waals surface area contributed by atoms with Crippen LogP contribution in [0.1, 0.15) is 226 Å². The first kappa shape index (κ1) is 68.8. The number of hydrogen-bond acceptors (Lipinski definition) is 13. The predicted octanol–water partition coefficient (Wildman–Crippen LogP) is 10.2. The van der Waals surface area contributed by atoms with E-state index >= 15 is 0 Å². The monoisotopic (exact) mass is 1060 g/mol. The zero-order valence-corrected chi connectivity index (χ0v) is 46.8. The van der Waals surface area contributed by atoms with Gasteiger partial charge in [-0.2, -0.15) is 0 Å². The van der Waals surface area contributed by atoms with Gasteiger partial charge in [0.2, 0.25) is 5.91 Å². The lowest BCUT2D eigenvalue weighted by Gasteiger charge is -2.46. The number of unbranched alkanes of at least 4 members (excludes halogenated alkanes) is 26. The van der Waals surface area contributed by atoms with Crippen LogP contribution >= 0.6 is 0 Å².